The van der Waals surface area contributed by atoms with Crippen LogP contribution in [0.3, 0.4) is 0 Å². The Labute approximate surface area is 98.3 Å². The number of aryl methyl sites for hydroxylation is 1. The second kappa shape index (κ2) is 6.33. The topological polar surface area (TPSA) is 21.3 Å². The van der Waals surface area contributed by atoms with E-state index in [1.54, 1.807) is 0 Å². The molecule has 0 radical (unpaired) electrons. The average Bonchev–Trinajstić information content (AvgIpc) is 2.25. The van der Waals surface area contributed by atoms with Crippen molar-refractivity contribution in [3.05, 3.63) is 42.0 Å². The van der Waals surface area contributed by atoms with Crippen LogP contribution in [0.1, 0.15) is 18.1 Å². The summed E-state index contributed by atoms with van der Waals surface area (Å²) in [6.45, 7) is 11.6. The lowest BCUT2D eigenvalue weighted by atomic mass is 10.1. The molecular formula is C14H21NO. The highest BCUT2D eigenvalue weighted by Crippen LogP contribution is 2.21. The molecule has 0 saturated carbocycles. The Morgan fingerprint density at radius 2 is 2.19 bits per heavy atom. The van der Waals surface area contributed by atoms with E-state index in [0.717, 1.165) is 18.8 Å². The average molecular weight is 219 g/mol. The molecule has 0 aliphatic heterocycles. The standard InChI is InChI=1S/C14H21NO/c1-5-9-15-10-12(3)16-14-8-6-7-11(2)13(14)4/h5-8,12,15H,1,9-10H2,2-4H3. The van der Waals surface area contributed by atoms with Crippen LogP contribution in [-0.4, -0.2) is 19.2 Å². The molecule has 0 fully saturated rings. The van der Waals surface area contributed by atoms with E-state index >= 15 is 0 Å². The zero-order chi connectivity index (χ0) is 12.0. The van der Waals surface area contributed by atoms with Gasteiger partial charge in [-0.3, -0.25) is 0 Å². The smallest absolute Gasteiger partial charge is 0.122 e. The van der Waals surface area contributed by atoms with E-state index in [1.807, 2.05) is 18.2 Å². The molecule has 0 saturated heterocycles. The van der Waals surface area contributed by atoms with Gasteiger partial charge in [-0.2, -0.15) is 0 Å². The fourth-order valence-electron chi connectivity index (χ4n) is 1.50. The third-order valence-corrected chi connectivity index (χ3v) is 2.60. The second-order valence-corrected chi connectivity index (χ2v) is 4.07. The third kappa shape index (κ3) is 3.70. The summed E-state index contributed by atoms with van der Waals surface area (Å²) in [6.07, 6.45) is 2.02. The molecule has 0 aliphatic rings. The molecule has 0 amide bonds. The Bertz CT molecular complexity index is 347. The number of benzene rings is 1. The van der Waals surface area contributed by atoms with Crippen LogP contribution >= 0.6 is 0 Å². The number of hydrogen-bond donors (Lipinski definition) is 1. The van der Waals surface area contributed by atoms with Gasteiger partial charge in [-0.15, -0.1) is 6.58 Å². The van der Waals surface area contributed by atoms with Crippen LogP contribution in [-0.2, 0) is 0 Å². The van der Waals surface area contributed by atoms with E-state index in [-0.39, 0.29) is 6.10 Å². The lowest BCUT2D eigenvalue weighted by molar-refractivity contribution is 0.217. The third-order valence-electron chi connectivity index (χ3n) is 2.60. The van der Waals surface area contributed by atoms with Gasteiger partial charge in [0.2, 0.25) is 0 Å². The number of hydrogen-bond acceptors (Lipinski definition) is 2. The number of ether oxygens (including phenoxy) is 1. The van der Waals surface area contributed by atoms with Gasteiger partial charge in [0.1, 0.15) is 11.9 Å². The zero-order valence-corrected chi connectivity index (χ0v) is 10.4. The summed E-state index contributed by atoms with van der Waals surface area (Å²) in [4.78, 5) is 0. The molecule has 1 aromatic carbocycles. The van der Waals surface area contributed by atoms with E-state index in [9.17, 15) is 0 Å². The van der Waals surface area contributed by atoms with Gasteiger partial charge in [0, 0.05) is 13.1 Å². The van der Waals surface area contributed by atoms with Crippen molar-refractivity contribution in [2.45, 2.75) is 26.9 Å². The van der Waals surface area contributed by atoms with Crippen molar-refractivity contribution in [2.75, 3.05) is 13.1 Å². The lowest BCUT2D eigenvalue weighted by Gasteiger charge is -2.17. The van der Waals surface area contributed by atoms with E-state index in [1.165, 1.54) is 11.1 Å². The Hall–Kier alpha value is -1.28. The molecule has 0 aliphatic carbocycles. The van der Waals surface area contributed by atoms with Gasteiger partial charge in [0.15, 0.2) is 0 Å². The summed E-state index contributed by atoms with van der Waals surface area (Å²) in [5.74, 6) is 0.980. The van der Waals surface area contributed by atoms with Gasteiger partial charge in [-0.1, -0.05) is 18.2 Å². The summed E-state index contributed by atoms with van der Waals surface area (Å²) in [7, 11) is 0. The quantitative estimate of drug-likeness (QED) is 0.587. The Morgan fingerprint density at radius 3 is 2.88 bits per heavy atom. The van der Waals surface area contributed by atoms with E-state index in [0.29, 0.717) is 0 Å². The van der Waals surface area contributed by atoms with Gasteiger partial charge >= 0.3 is 0 Å². The molecule has 2 nitrogen and oxygen atoms in total. The van der Waals surface area contributed by atoms with Crippen molar-refractivity contribution >= 4 is 0 Å². The van der Waals surface area contributed by atoms with Crippen LogP contribution in [0.4, 0.5) is 0 Å². The molecule has 1 N–H and O–H groups in total. The minimum Gasteiger partial charge on any atom is -0.489 e. The highest BCUT2D eigenvalue weighted by Gasteiger charge is 2.06. The molecule has 88 valence electrons. The van der Waals surface area contributed by atoms with Gasteiger partial charge in [0.05, 0.1) is 0 Å². The highest BCUT2D eigenvalue weighted by atomic mass is 16.5. The first-order valence-electron chi connectivity index (χ1n) is 5.69. The normalized spacial score (nSPS) is 12.2. The van der Waals surface area contributed by atoms with Crippen LogP contribution in [0.2, 0.25) is 0 Å². The molecule has 1 aromatic rings. The maximum atomic E-state index is 5.88. The molecular weight excluding hydrogens is 198 g/mol. The largest absolute Gasteiger partial charge is 0.489 e. The maximum Gasteiger partial charge on any atom is 0.122 e. The molecule has 0 spiro atoms. The first-order chi connectivity index (χ1) is 7.65. The minimum absolute atomic E-state index is 0.167. The van der Waals surface area contributed by atoms with Gasteiger partial charge in [-0.05, 0) is 38.0 Å². The molecule has 0 heterocycles. The summed E-state index contributed by atoms with van der Waals surface area (Å²) < 4.78 is 5.88. The minimum atomic E-state index is 0.167. The van der Waals surface area contributed by atoms with Crippen molar-refractivity contribution in [1.29, 1.82) is 0 Å². The zero-order valence-electron chi connectivity index (χ0n) is 10.4. The van der Waals surface area contributed by atoms with Gasteiger partial charge in [0.25, 0.3) is 0 Å². The summed E-state index contributed by atoms with van der Waals surface area (Å²) in [5.41, 5.74) is 2.49. The first-order valence-corrected chi connectivity index (χ1v) is 5.69. The first kappa shape index (κ1) is 12.8. The van der Waals surface area contributed by atoms with Crippen LogP contribution in [0, 0.1) is 13.8 Å². The Kier molecular flexibility index (Phi) is 5.06. The summed E-state index contributed by atoms with van der Waals surface area (Å²) in [5, 5.41) is 3.25. The second-order valence-electron chi connectivity index (χ2n) is 4.07. The molecule has 0 bridgehead atoms. The fourth-order valence-corrected chi connectivity index (χ4v) is 1.50. The SMILES string of the molecule is C=CCNCC(C)Oc1cccc(C)c1C. The maximum absolute atomic E-state index is 5.88. The number of nitrogens with one attached hydrogen (secondary N) is 1. The predicted molar refractivity (Wildman–Crippen MR) is 69.1 cm³/mol. The predicted octanol–water partition coefficient (Wildman–Crippen LogP) is 2.85. The van der Waals surface area contributed by atoms with Crippen molar-refractivity contribution in [3.63, 3.8) is 0 Å². The van der Waals surface area contributed by atoms with E-state index < -0.39 is 0 Å². The van der Waals surface area contributed by atoms with Crippen LogP contribution in [0.15, 0.2) is 30.9 Å². The molecule has 1 rings (SSSR count). The number of rotatable bonds is 6. The Balaban J connectivity index is 2.52. The van der Waals surface area contributed by atoms with E-state index in [2.05, 4.69) is 38.7 Å². The lowest BCUT2D eigenvalue weighted by Crippen LogP contribution is -2.29. The van der Waals surface area contributed by atoms with Crippen LogP contribution < -0.4 is 10.1 Å². The van der Waals surface area contributed by atoms with Crippen molar-refractivity contribution in [3.8, 4) is 5.75 Å². The van der Waals surface area contributed by atoms with Crippen molar-refractivity contribution in [2.24, 2.45) is 0 Å². The van der Waals surface area contributed by atoms with E-state index in [4.69, 9.17) is 4.74 Å². The molecule has 1 unspecified atom stereocenters. The molecule has 0 aromatic heterocycles. The molecule has 16 heavy (non-hydrogen) atoms. The van der Waals surface area contributed by atoms with Gasteiger partial charge in [-0.25, -0.2) is 0 Å². The monoisotopic (exact) mass is 219 g/mol. The fraction of sp³-hybridized carbons (Fsp3) is 0.429. The molecule has 2 heteroatoms. The summed E-state index contributed by atoms with van der Waals surface area (Å²) >= 11 is 0. The van der Waals surface area contributed by atoms with Crippen LogP contribution in [0.25, 0.3) is 0 Å². The Morgan fingerprint density at radius 1 is 1.44 bits per heavy atom. The molecule has 1 atom stereocenters. The highest BCUT2D eigenvalue weighted by molar-refractivity contribution is 5.38. The summed E-state index contributed by atoms with van der Waals surface area (Å²) in [6, 6.07) is 6.15. The van der Waals surface area contributed by atoms with Crippen molar-refractivity contribution in [1.82, 2.24) is 5.32 Å². The van der Waals surface area contributed by atoms with Crippen LogP contribution in [0.5, 0.6) is 5.75 Å². The van der Waals surface area contributed by atoms with Gasteiger partial charge < -0.3 is 10.1 Å². The van der Waals surface area contributed by atoms with Crippen molar-refractivity contribution < 1.29 is 4.74 Å².